The summed E-state index contributed by atoms with van der Waals surface area (Å²) in [6.45, 7) is 6.09. The van der Waals surface area contributed by atoms with Gasteiger partial charge in [0.15, 0.2) is 11.5 Å². The first kappa shape index (κ1) is 24.0. The number of hydrogen-bond donors (Lipinski definition) is 0. The van der Waals surface area contributed by atoms with Crippen molar-refractivity contribution in [2.75, 3.05) is 60.1 Å². The van der Waals surface area contributed by atoms with E-state index >= 15 is 0 Å². The average Bonchev–Trinajstić information content (AvgIpc) is 2.78. The topological polar surface area (TPSA) is 43.4 Å². The molecule has 1 heterocycles. The van der Waals surface area contributed by atoms with Gasteiger partial charge in [0.2, 0.25) is 0 Å². The van der Waals surface area contributed by atoms with Crippen LogP contribution in [0.4, 0.5) is 13.2 Å². The molecule has 0 aliphatic carbocycles. The fourth-order valence-electron chi connectivity index (χ4n) is 3.59. The van der Waals surface area contributed by atoms with Crippen molar-refractivity contribution in [3.05, 3.63) is 48.0 Å². The third-order valence-corrected chi connectivity index (χ3v) is 5.36. The number of benzene rings is 2. The Morgan fingerprint density at radius 2 is 1.38 bits per heavy atom. The maximum atomic E-state index is 12.2. The van der Waals surface area contributed by atoms with Crippen molar-refractivity contribution < 1.29 is 32.1 Å². The van der Waals surface area contributed by atoms with Gasteiger partial charge in [-0.2, -0.15) is 0 Å². The molecule has 1 aliphatic rings. The summed E-state index contributed by atoms with van der Waals surface area (Å²) in [7, 11) is 3.27. The lowest BCUT2D eigenvalue weighted by Gasteiger charge is -2.34. The summed E-state index contributed by atoms with van der Waals surface area (Å²) in [6, 6.07) is 11.5. The highest BCUT2D eigenvalue weighted by Gasteiger charge is 2.31. The van der Waals surface area contributed by atoms with E-state index in [-0.39, 0.29) is 5.75 Å². The van der Waals surface area contributed by atoms with Crippen LogP contribution in [0.3, 0.4) is 0 Å². The van der Waals surface area contributed by atoms with E-state index in [0.717, 1.165) is 57.2 Å². The molecule has 0 aromatic heterocycles. The Kier molecular flexibility index (Phi) is 8.46. The Bertz CT molecular complexity index is 838. The van der Waals surface area contributed by atoms with Gasteiger partial charge in [-0.15, -0.1) is 13.2 Å². The Balaban J connectivity index is 1.34. The van der Waals surface area contributed by atoms with Crippen molar-refractivity contribution in [2.24, 2.45) is 0 Å². The number of halogens is 3. The second-order valence-electron chi connectivity index (χ2n) is 7.49. The second-order valence-corrected chi connectivity index (χ2v) is 7.49. The quantitative estimate of drug-likeness (QED) is 0.544. The van der Waals surface area contributed by atoms with Gasteiger partial charge < -0.3 is 23.8 Å². The van der Waals surface area contributed by atoms with Crippen LogP contribution in [0.15, 0.2) is 42.5 Å². The first-order valence-corrected chi connectivity index (χ1v) is 10.5. The molecular weight excluding hydrogens is 425 g/mol. The molecule has 176 valence electrons. The molecule has 0 unspecified atom stereocenters. The number of rotatable bonds is 10. The SMILES string of the molecule is COc1ccc(CCN2CCN(CCOc3ccc(OC(F)(F)F)cc3)CC2)cc1OC. The molecule has 1 saturated heterocycles. The zero-order valence-corrected chi connectivity index (χ0v) is 18.4. The summed E-state index contributed by atoms with van der Waals surface area (Å²) in [6.07, 6.45) is -3.75. The molecule has 0 spiro atoms. The van der Waals surface area contributed by atoms with Crippen LogP contribution >= 0.6 is 0 Å². The van der Waals surface area contributed by atoms with Crippen LogP contribution in [-0.2, 0) is 6.42 Å². The summed E-state index contributed by atoms with van der Waals surface area (Å²) in [5, 5.41) is 0. The van der Waals surface area contributed by atoms with Crippen molar-refractivity contribution in [1.29, 1.82) is 0 Å². The van der Waals surface area contributed by atoms with Crippen molar-refractivity contribution in [2.45, 2.75) is 12.8 Å². The molecule has 0 atom stereocenters. The van der Waals surface area contributed by atoms with Crippen LogP contribution in [-0.4, -0.2) is 76.3 Å². The van der Waals surface area contributed by atoms with Crippen LogP contribution < -0.4 is 18.9 Å². The molecule has 0 radical (unpaired) electrons. The van der Waals surface area contributed by atoms with E-state index in [9.17, 15) is 13.2 Å². The van der Waals surface area contributed by atoms with E-state index in [4.69, 9.17) is 14.2 Å². The number of piperazine rings is 1. The summed E-state index contributed by atoms with van der Waals surface area (Å²) in [5.41, 5.74) is 1.21. The minimum absolute atomic E-state index is 0.256. The van der Waals surface area contributed by atoms with Gasteiger partial charge in [0, 0.05) is 39.3 Å². The number of hydrogen-bond acceptors (Lipinski definition) is 6. The highest BCUT2D eigenvalue weighted by Crippen LogP contribution is 2.28. The maximum absolute atomic E-state index is 12.2. The van der Waals surface area contributed by atoms with E-state index in [1.54, 1.807) is 14.2 Å². The molecule has 3 rings (SSSR count). The molecule has 0 saturated carbocycles. The number of methoxy groups -OCH3 is 2. The fraction of sp³-hybridized carbons (Fsp3) is 0.478. The standard InChI is InChI=1S/C23H29F3N2O4/c1-29-21-8-3-18(17-22(21)30-2)9-10-27-11-13-28(14-12-27)15-16-31-19-4-6-20(7-5-19)32-23(24,25)26/h3-8,17H,9-16H2,1-2H3. The number of nitrogens with zero attached hydrogens (tertiary/aromatic N) is 2. The predicted octanol–water partition coefficient (Wildman–Crippen LogP) is 3.84. The van der Waals surface area contributed by atoms with Gasteiger partial charge in [-0.1, -0.05) is 6.07 Å². The monoisotopic (exact) mass is 454 g/mol. The van der Waals surface area contributed by atoms with Crippen molar-refractivity contribution >= 4 is 0 Å². The molecule has 0 N–H and O–H groups in total. The third-order valence-electron chi connectivity index (χ3n) is 5.36. The summed E-state index contributed by atoms with van der Waals surface area (Å²) >= 11 is 0. The van der Waals surface area contributed by atoms with Crippen molar-refractivity contribution in [3.63, 3.8) is 0 Å². The van der Waals surface area contributed by atoms with E-state index in [2.05, 4.69) is 20.6 Å². The van der Waals surface area contributed by atoms with Crippen LogP contribution in [0.5, 0.6) is 23.0 Å². The Labute approximate surface area is 186 Å². The van der Waals surface area contributed by atoms with Gasteiger partial charge in [0.05, 0.1) is 14.2 Å². The first-order chi connectivity index (χ1) is 15.4. The van der Waals surface area contributed by atoms with Crippen LogP contribution in [0.1, 0.15) is 5.56 Å². The Morgan fingerprint density at radius 3 is 1.97 bits per heavy atom. The minimum atomic E-state index is -4.69. The fourth-order valence-corrected chi connectivity index (χ4v) is 3.59. The van der Waals surface area contributed by atoms with Crippen LogP contribution in [0.25, 0.3) is 0 Å². The Hall–Kier alpha value is -2.65. The number of ether oxygens (including phenoxy) is 4. The maximum Gasteiger partial charge on any atom is 0.573 e. The molecule has 0 amide bonds. The van der Waals surface area contributed by atoms with Crippen LogP contribution in [0, 0.1) is 0 Å². The van der Waals surface area contributed by atoms with Gasteiger partial charge in [-0.05, 0) is 48.4 Å². The molecule has 32 heavy (non-hydrogen) atoms. The molecule has 0 bridgehead atoms. The van der Waals surface area contributed by atoms with E-state index in [0.29, 0.717) is 12.4 Å². The zero-order chi connectivity index (χ0) is 23.0. The molecule has 6 nitrogen and oxygen atoms in total. The normalized spacial score (nSPS) is 15.4. The zero-order valence-electron chi connectivity index (χ0n) is 18.4. The third kappa shape index (κ3) is 7.49. The summed E-state index contributed by atoms with van der Waals surface area (Å²) in [4.78, 5) is 4.77. The van der Waals surface area contributed by atoms with Crippen molar-refractivity contribution in [3.8, 4) is 23.0 Å². The van der Waals surface area contributed by atoms with E-state index in [1.165, 1.54) is 29.8 Å². The second kappa shape index (κ2) is 11.3. The summed E-state index contributed by atoms with van der Waals surface area (Å²) < 4.78 is 56.8. The molecular formula is C23H29F3N2O4. The lowest BCUT2D eigenvalue weighted by molar-refractivity contribution is -0.274. The highest BCUT2D eigenvalue weighted by atomic mass is 19.4. The average molecular weight is 454 g/mol. The number of alkyl halides is 3. The van der Waals surface area contributed by atoms with Gasteiger partial charge >= 0.3 is 6.36 Å². The highest BCUT2D eigenvalue weighted by molar-refractivity contribution is 5.43. The van der Waals surface area contributed by atoms with Gasteiger partial charge in [-0.3, -0.25) is 4.90 Å². The van der Waals surface area contributed by atoms with Gasteiger partial charge in [0.25, 0.3) is 0 Å². The van der Waals surface area contributed by atoms with E-state index in [1.807, 2.05) is 12.1 Å². The first-order valence-electron chi connectivity index (χ1n) is 10.5. The van der Waals surface area contributed by atoms with Crippen LogP contribution in [0.2, 0.25) is 0 Å². The predicted molar refractivity (Wildman–Crippen MR) is 115 cm³/mol. The molecule has 9 heteroatoms. The van der Waals surface area contributed by atoms with Gasteiger partial charge in [-0.25, -0.2) is 0 Å². The minimum Gasteiger partial charge on any atom is -0.493 e. The Morgan fingerprint density at radius 1 is 0.781 bits per heavy atom. The van der Waals surface area contributed by atoms with E-state index < -0.39 is 6.36 Å². The molecule has 1 aliphatic heterocycles. The molecule has 1 fully saturated rings. The lowest BCUT2D eigenvalue weighted by Crippen LogP contribution is -2.47. The van der Waals surface area contributed by atoms with Gasteiger partial charge in [0.1, 0.15) is 18.1 Å². The molecule has 2 aromatic rings. The van der Waals surface area contributed by atoms with Crippen molar-refractivity contribution in [1.82, 2.24) is 9.80 Å². The summed E-state index contributed by atoms with van der Waals surface area (Å²) in [5.74, 6) is 1.75. The lowest BCUT2D eigenvalue weighted by atomic mass is 10.1. The largest absolute Gasteiger partial charge is 0.573 e. The molecule has 2 aromatic carbocycles. The smallest absolute Gasteiger partial charge is 0.493 e.